The minimum Gasteiger partial charge on any atom is -0.448 e. The number of hydrogen-bond acceptors (Lipinski definition) is 5. The molecule has 0 bridgehead atoms. The summed E-state index contributed by atoms with van der Waals surface area (Å²) in [6, 6.07) is 4.75. The maximum atomic E-state index is 12.2. The Hall–Kier alpha value is -2.31. The number of nitrogens with two attached hydrogens (primary N) is 1. The van der Waals surface area contributed by atoms with Crippen LogP contribution in [0.1, 0.15) is 10.6 Å². The van der Waals surface area contributed by atoms with Crippen LogP contribution in [0.3, 0.4) is 0 Å². The zero-order valence-corrected chi connectivity index (χ0v) is 11.9. The van der Waals surface area contributed by atoms with Gasteiger partial charge in [0.2, 0.25) is 5.76 Å². The van der Waals surface area contributed by atoms with E-state index in [1.54, 1.807) is 18.2 Å². The molecule has 3 N–H and O–H groups in total. The Kier molecular flexibility index (Phi) is 3.40. The van der Waals surface area contributed by atoms with Crippen molar-refractivity contribution in [3.05, 3.63) is 46.5 Å². The number of furan rings is 1. The third-order valence-corrected chi connectivity index (χ3v) is 3.28. The highest BCUT2D eigenvalue weighted by atomic mass is 35.5. The minimum absolute atomic E-state index is 0.0448. The molecule has 8 heteroatoms. The van der Waals surface area contributed by atoms with Crippen molar-refractivity contribution in [1.29, 1.82) is 0 Å². The number of anilines is 2. The summed E-state index contributed by atoms with van der Waals surface area (Å²) in [4.78, 5) is 20.0. The second-order valence-electron chi connectivity index (χ2n) is 4.14. The van der Waals surface area contributed by atoms with Crippen LogP contribution < -0.4 is 11.1 Å². The number of fused-ring (bicyclic) bond motifs is 1. The Morgan fingerprint density at radius 3 is 2.71 bits per heavy atom. The normalized spacial score (nSPS) is 10.8. The van der Waals surface area contributed by atoms with Crippen LogP contribution in [0, 0.1) is 0 Å². The maximum Gasteiger partial charge on any atom is 0.294 e. The highest BCUT2D eigenvalue weighted by Gasteiger charge is 2.21. The van der Waals surface area contributed by atoms with E-state index in [9.17, 15) is 4.79 Å². The number of rotatable bonds is 2. The molecule has 0 radical (unpaired) electrons. The molecule has 6 nitrogen and oxygen atoms in total. The third-order valence-electron chi connectivity index (χ3n) is 2.77. The van der Waals surface area contributed by atoms with E-state index in [4.69, 9.17) is 33.4 Å². The monoisotopic (exact) mass is 322 g/mol. The largest absolute Gasteiger partial charge is 0.448 e. The third kappa shape index (κ3) is 2.51. The lowest BCUT2D eigenvalue weighted by atomic mass is 10.2. The molecule has 106 valence electrons. The fourth-order valence-corrected chi connectivity index (χ4v) is 2.18. The van der Waals surface area contributed by atoms with Gasteiger partial charge in [-0.2, -0.15) is 0 Å². The molecule has 1 amide bonds. The summed E-state index contributed by atoms with van der Waals surface area (Å²) < 4.78 is 5.42. The summed E-state index contributed by atoms with van der Waals surface area (Å²) in [7, 11) is 0. The van der Waals surface area contributed by atoms with Gasteiger partial charge >= 0.3 is 0 Å². The summed E-state index contributed by atoms with van der Waals surface area (Å²) in [5, 5.41) is 3.62. The number of hydrogen-bond donors (Lipinski definition) is 2. The first-order valence-electron chi connectivity index (χ1n) is 5.81. The molecule has 3 aromatic rings. The van der Waals surface area contributed by atoms with E-state index < -0.39 is 5.91 Å². The second kappa shape index (κ2) is 5.23. The van der Waals surface area contributed by atoms with Crippen LogP contribution in [0.15, 0.2) is 35.0 Å². The van der Waals surface area contributed by atoms with Crippen molar-refractivity contribution < 1.29 is 9.21 Å². The van der Waals surface area contributed by atoms with E-state index in [1.165, 1.54) is 12.4 Å². The van der Waals surface area contributed by atoms with Crippen molar-refractivity contribution in [2.45, 2.75) is 0 Å². The lowest BCUT2D eigenvalue weighted by Gasteiger charge is -2.02. The minimum atomic E-state index is -0.533. The molecule has 3 heterocycles. The van der Waals surface area contributed by atoms with Gasteiger partial charge in [0.05, 0.1) is 16.1 Å². The lowest BCUT2D eigenvalue weighted by Crippen LogP contribution is -2.13. The van der Waals surface area contributed by atoms with E-state index >= 15 is 0 Å². The van der Waals surface area contributed by atoms with E-state index in [2.05, 4.69) is 15.3 Å². The number of pyridine rings is 2. The number of nitrogens with zero attached hydrogens (tertiary/aromatic N) is 2. The number of nitrogen functional groups attached to an aromatic ring is 1. The predicted molar refractivity (Wildman–Crippen MR) is 80.6 cm³/mol. The number of carbonyl (C=O) groups is 1. The first kappa shape index (κ1) is 13.7. The van der Waals surface area contributed by atoms with Crippen molar-refractivity contribution in [3.8, 4) is 0 Å². The predicted octanol–water partition coefficient (Wildman–Crippen LogP) is 3.36. The fourth-order valence-electron chi connectivity index (χ4n) is 1.82. The van der Waals surface area contributed by atoms with E-state index in [-0.39, 0.29) is 16.6 Å². The summed E-state index contributed by atoms with van der Waals surface area (Å²) in [6.45, 7) is 0. The first-order valence-corrected chi connectivity index (χ1v) is 6.57. The molecule has 0 aliphatic heterocycles. The van der Waals surface area contributed by atoms with Crippen LogP contribution in [0.25, 0.3) is 11.0 Å². The molecule has 21 heavy (non-hydrogen) atoms. The molecule has 0 aromatic carbocycles. The number of halogens is 2. The molecular formula is C13H8Cl2N4O2. The summed E-state index contributed by atoms with van der Waals surface area (Å²) in [5.74, 6) is -0.250. The number of amides is 1. The van der Waals surface area contributed by atoms with Crippen LogP contribution in [0.4, 0.5) is 11.5 Å². The van der Waals surface area contributed by atoms with Gasteiger partial charge in [-0.05, 0) is 18.2 Å². The average Bonchev–Trinajstić information content (AvgIpc) is 2.80. The molecule has 0 fully saturated rings. The van der Waals surface area contributed by atoms with Crippen molar-refractivity contribution in [2.24, 2.45) is 0 Å². The molecule has 3 aromatic heterocycles. The highest BCUT2D eigenvalue weighted by Crippen LogP contribution is 2.32. The maximum absolute atomic E-state index is 12.2. The Balaban J connectivity index is 1.96. The number of aromatic nitrogens is 2. The zero-order valence-electron chi connectivity index (χ0n) is 10.4. The summed E-state index contributed by atoms with van der Waals surface area (Å²) in [5.41, 5.74) is 6.42. The topological polar surface area (TPSA) is 94.0 Å². The van der Waals surface area contributed by atoms with Gasteiger partial charge in [0.25, 0.3) is 5.91 Å². The summed E-state index contributed by atoms with van der Waals surface area (Å²) in [6.07, 6.45) is 2.88. The molecule has 0 saturated heterocycles. The second-order valence-corrected chi connectivity index (χ2v) is 4.93. The van der Waals surface area contributed by atoms with Crippen LogP contribution in [-0.4, -0.2) is 15.9 Å². The van der Waals surface area contributed by atoms with Gasteiger partial charge in [-0.1, -0.05) is 23.2 Å². The zero-order chi connectivity index (χ0) is 15.0. The Bertz CT molecular complexity index is 830. The molecule has 0 spiro atoms. The standard InChI is InChI=1S/C13H8Cl2N4O2/c14-6-1-2-8(18-5-6)19-13(20)11-10(16)9-7(21-11)3-4-17-12(9)15/h1-5H,16H2,(H,18,19,20). The van der Waals surface area contributed by atoms with Gasteiger partial charge in [-0.3, -0.25) is 4.79 Å². The molecular weight excluding hydrogens is 315 g/mol. The van der Waals surface area contributed by atoms with Crippen molar-refractivity contribution in [1.82, 2.24) is 9.97 Å². The molecule has 0 aliphatic carbocycles. The van der Waals surface area contributed by atoms with Crippen molar-refractivity contribution in [3.63, 3.8) is 0 Å². The highest BCUT2D eigenvalue weighted by molar-refractivity contribution is 6.35. The number of nitrogens with one attached hydrogen (secondary N) is 1. The Morgan fingerprint density at radius 2 is 2.05 bits per heavy atom. The van der Waals surface area contributed by atoms with Crippen LogP contribution in [0.5, 0.6) is 0 Å². The van der Waals surface area contributed by atoms with Crippen molar-refractivity contribution in [2.75, 3.05) is 11.1 Å². The van der Waals surface area contributed by atoms with Crippen molar-refractivity contribution >= 4 is 51.6 Å². The molecule has 3 rings (SSSR count). The SMILES string of the molecule is Nc1c(C(=O)Nc2ccc(Cl)cn2)oc2ccnc(Cl)c12. The van der Waals surface area contributed by atoms with Gasteiger partial charge in [0.1, 0.15) is 16.6 Å². The van der Waals surface area contributed by atoms with Crippen LogP contribution in [0.2, 0.25) is 10.2 Å². The van der Waals surface area contributed by atoms with Gasteiger partial charge in [0, 0.05) is 12.4 Å². The quantitative estimate of drug-likeness (QED) is 0.705. The molecule has 0 atom stereocenters. The smallest absolute Gasteiger partial charge is 0.294 e. The Labute approximate surface area is 128 Å². The van der Waals surface area contributed by atoms with Gasteiger partial charge in [-0.25, -0.2) is 9.97 Å². The van der Waals surface area contributed by atoms with Gasteiger partial charge in [0.15, 0.2) is 0 Å². The first-order chi connectivity index (χ1) is 10.1. The molecule has 0 saturated carbocycles. The summed E-state index contributed by atoms with van der Waals surface area (Å²) >= 11 is 11.7. The lowest BCUT2D eigenvalue weighted by molar-refractivity contribution is 0.0999. The number of carbonyl (C=O) groups excluding carboxylic acids is 1. The fraction of sp³-hybridized carbons (Fsp3) is 0. The average molecular weight is 323 g/mol. The van der Waals surface area contributed by atoms with Gasteiger partial charge < -0.3 is 15.5 Å². The molecule has 0 aliphatic rings. The van der Waals surface area contributed by atoms with E-state index in [0.29, 0.717) is 21.8 Å². The van der Waals surface area contributed by atoms with Crippen LogP contribution in [-0.2, 0) is 0 Å². The van der Waals surface area contributed by atoms with Crippen LogP contribution >= 0.6 is 23.2 Å². The van der Waals surface area contributed by atoms with E-state index in [0.717, 1.165) is 0 Å². The molecule has 0 unspecified atom stereocenters. The van der Waals surface area contributed by atoms with E-state index in [1.807, 2.05) is 0 Å². The van der Waals surface area contributed by atoms with Gasteiger partial charge in [-0.15, -0.1) is 0 Å². The Morgan fingerprint density at radius 1 is 1.24 bits per heavy atom.